The van der Waals surface area contributed by atoms with Gasteiger partial charge in [-0.1, -0.05) is 30.3 Å². The summed E-state index contributed by atoms with van der Waals surface area (Å²) < 4.78 is 2.30. The molecule has 1 aliphatic carbocycles. The van der Waals surface area contributed by atoms with Crippen LogP contribution >= 0.6 is 0 Å². The second-order valence-corrected chi connectivity index (χ2v) is 5.79. The number of guanidine groups is 1. The first-order valence-corrected chi connectivity index (χ1v) is 7.45. The Bertz CT molecular complexity index is 656. The zero-order valence-electron chi connectivity index (χ0n) is 11.9. The molecule has 1 saturated carbocycles. The molecule has 2 heterocycles. The van der Waals surface area contributed by atoms with Gasteiger partial charge >= 0.3 is 0 Å². The number of nitrogens with two attached hydrogens (primary N) is 1. The third kappa shape index (κ3) is 2.28. The molecule has 1 aliphatic heterocycles. The van der Waals surface area contributed by atoms with Crippen molar-refractivity contribution in [1.29, 1.82) is 0 Å². The Labute approximate surface area is 124 Å². The highest BCUT2D eigenvalue weighted by molar-refractivity contribution is 5.80. The molecule has 5 nitrogen and oxygen atoms in total. The van der Waals surface area contributed by atoms with Crippen molar-refractivity contribution >= 4 is 5.96 Å². The van der Waals surface area contributed by atoms with Crippen molar-refractivity contribution in [3.05, 3.63) is 54.1 Å². The number of rotatable bonds is 4. The first-order valence-electron chi connectivity index (χ1n) is 7.45. The number of aromatic nitrogens is 2. The van der Waals surface area contributed by atoms with Gasteiger partial charge in [0.05, 0.1) is 30.8 Å². The van der Waals surface area contributed by atoms with E-state index in [4.69, 9.17) is 5.73 Å². The summed E-state index contributed by atoms with van der Waals surface area (Å²) in [5.74, 6) is 0.632. The summed E-state index contributed by atoms with van der Waals surface area (Å²) in [7, 11) is 0. The van der Waals surface area contributed by atoms with E-state index < -0.39 is 0 Å². The molecule has 4 rings (SSSR count). The monoisotopic (exact) mass is 281 g/mol. The molecule has 1 fully saturated rings. The lowest BCUT2D eigenvalue weighted by atomic mass is 10.1. The lowest BCUT2D eigenvalue weighted by Gasteiger charge is -2.27. The second kappa shape index (κ2) is 4.91. The maximum Gasteiger partial charge on any atom is 0.192 e. The minimum Gasteiger partial charge on any atom is -0.370 e. The molecular weight excluding hydrogens is 262 g/mol. The Balaban J connectivity index is 1.61. The van der Waals surface area contributed by atoms with Gasteiger partial charge < -0.3 is 15.2 Å². The molecule has 1 unspecified atom stereocenters. The van der Waals surface area contributed by atoms with Gasteiger partial charge in [-0.05, 0) is 18.4 Å². The van der Waals surface area contributed by atoms with Crippen LogP contribution < -0.4 is 5.73 Å². The van der Waals surface area contributed by atoms with Crippen molar-refractivity contribution in [2.75, 3.05) is 6.54 Å². The highest BCUT2D eigenvalue weighted by Crippen LogP contribution is 2.38. The quantitative estimate of drug-likeness (QED) is 0.933. The predicted molar refractivity (Wildman–Crippen MR) is 81.7 cm³/mol. The number of hydrogen-bond acceptors (Lipinski definition) is 4. The van der Waals surface area contributed by atoms with Crippen LogP contribution in [0.4, 0.5) is 0 Å². The van der Waals surface area contributed by atoms with E-state index in [1.165, 1.54) is 24.1 Å². The fourth-order valence-electron chi connectivity index (χ4n) is 2.98. The summed E-state index contributed by atoms with van der Waals surface area (Å²) in [5.41, 5.74) is 8.60. The molecule has 1 aromatic heterocycles. The molecule has 5 heteroatoms. The Hall–Kier alpha value is -2.30. The van der Waals surface area contributed by atoms with Gasteiger partial charge in [-0.2, -0.15) is 0 Å². The molecule has 108 valence electrons. The van der Waals surface area contributed by atoms with Crippen LogP contribution in [0.3, 0.4) is 0 Å². The Morgan fingerprint density at radius 3 is 2.76 bits per heavy atom. The fourth-order valence-corrected chi connectivity index (χ4v) is 2.98. The van der Waals surface area contributed by atoms with Crippen LogP contribution in [0.2, 0.25) is 0 Å². The van der Waals surface area contributed by atoms with Gasteiger partial charge in [-0.3, -0.25) is 4.99 Å². The highest BCUT2D eigenvalue weighted by atomic mass is 15.3. The number of hydrogen-bond donors (Lipinski definition) is 1. The molecule has 0 spiro atoms. The lowest BCUT2D eigenvalue weighted by Crippen LogP contribution is -2.36. The van der Waals surface area contributed by atoms with Gasteiger partial charge in [0.2, 0.25) is 0 Å². The zero-order valence-corrected chi connectivity index (χ0v) is 11.9. The molecule has 1 atom stereocenters. The van der Waals surface area contributed by atoms with Crippen LogP contribution in [0.5, 0.6) is 0 Å². The average molecular weight is 281 g/mol. The van der Waals surface area contributed by atoms with Crippen LogP contribution in [-0.2, 0) is 6.54 Å². The first-order chi connectivity index (χ1) is 10.3. The minimum atomic E-state index is 0.202. The van der Waals surface area contributed by atoms with Gasteiger partial charge in [0.1, 0.15) is 0 Å². The van der Waals surface area contributed by atoms with Gasteiger partial charge in [0, 0.05) is 12.6 Å². The molecule has 1 aromatic carbocycles. The van der Waals surface area contributed by atoms with Crippen molar-refractivity contribution in [3.8, 4) is 0 Å². The zero-order chi connectivity index (χ0) is 14.2. The molecular formula is C16H19N5. The number of aliphatic imine (C=N–C) groups is 1. The van der Waals surface area contributed by atoms with E-state index in [-0.39, 0.29) is 6.04 Å². The number of nitrogens with zero attached hydrogens (tertiary/aromatic N) is 4. The molecule has 2 aliphatic rings. The molecule has 0 radical (unpaired) electrons. The summed E-state index contributed by atoms with van der Waals surface area (Å²) in [5, 5.41) is 0. The number of benzene rings is 1. The van der Waals surface area contributed by atoms with Crippen LogP contribution in [-0.4, -0.2) is 27.0 Å². The summed E-state index contributed by atoms with van der Waals surface area (Å²) in [6.45, 7) is 1.51. The minimum absolute atomic E-state index is 0.202. The van der Waals surface area contributed by atoms with Gasteiger partial charge in [-0.25, -0.2) is 4.98 Å². The van der Waals surface area contributed by atoms with Crippen LogP contribution in [0.1, 0.15) is 36.2 Å². The SMILES string of the molecule is NC1=NCC(c2cncn2C2CC2)N1Cc1ccccc1. The Morgan fingerprint density at radius 2 is 2.00 bits per heavy atom. The molecule has 0 bridgehead atoms. The second-order valence-electron chi connectivity index (χ2n) is 5.79. The van der Waals surface area contributed by atoms with E-state index in [0.717, 1.165) is 13.1 Å². The van der Waals surface area contributed by atoms with E-state index in [2.05, 4.69) is 43.7 Å². The normalized spacial score (nSPS) is 21.6. The predicted octanol–water partition coefficient (Wildman–Crippen LogP) is 2.09. The number of imidazole rings is 1. The van der Waals surface area contributed by atoms with Crippen molar-refractivity contribution in [3.63, 3.8) is 0 Å². The van der Waals surface area contributed by atoms with Crippen LogP contribution in [0.15, 0.2) is 47.8 Å². The summed E-state index contributed by atoms with van der Waals surface area (Å²) in [6, 6.07) is 11.2. The summed E-state index contributed by atoms with van der Waals surface area (Å²) in [4.78, 5) is 11.0. The Kier molecular flexibility index (Phi) is 2.91. The van der Waals surface area contributed by atoms with E-state index in [1.54, 1.807) is 0 Å². The van der Waals surface area contributed by atoms with Crippen LogP contribution in [0.25, 0.3) is 0 Å². The van der Waals surface area contributed by atoms with Crippen molar-refractivity contribution < 1.29 is 0 Å². The Morgan fingerprint density at radius 1 is 1.19 bits per heavy atom. The first kappa shape index (κ1) is 12.4. The molecule has 2 N–H and O–H groups in total. The standard InChI is InChI=1S/C16H19N5/c17-16-19-9-15(14-8-18-11-21(14)13-6-7-13)20(16)10-12-4-2-1-3-5-12/h1-5,8,11,13,15H,6-7,9-10H2,(H2,17,19). The molecule has 2 aromatic rings. The highest BCUT2D eigenvalue weighted by Gasteiger charge is 2.33. The molecule has 0 amide bonds. The topological polar surface area (TPSA) is 59.4 Å². The summed E-state index contributed by atoms with van der Waals surface area (Å²) >= 11 is 0. The van der Waals surface area contributed by atoms with E-state index in [9.17, 15) is 0 Å². The van der Waals surface area contributed by atoms with Crippen LogP contribution in [0, 0.1) is 0 Å². The van der Waals surface area contributed by atoms with E-state index in [1.807, 2.05) is 18.6 Å². The summed E-state index contributed by atoms with van der Waals surface area (Å²) in [6.07, 6.45) is 6.42. The third-order valence-corrected chi connectivity index (χ3v) is 4.27. The van der Waals surface area contributed by atoms with Crippen molar-refractivity contribution in [2.45, 2.75) is 31.5 Å². The largest absolute Gasteiger partial charge is 0.370 e. The van der Waals surface area contributed by atoms with Crippen molar-refractivity contribution in [1.82, 2.24) is 14.5 Å². The van der Waals surface area contributed by atoms with Gasteiger partial charge in [-0.15, -0.1) is 0 Å². The fraction of sp³-hybridized carbons (Fsp3) is 0.375. The van der Waals surface area contributed by atoms with E-state index >= 15 is 0 Å². The maximum atomic E-state index is 6.11. The van der Waals surface area contributed by atoms with Gasteiger partial charge in [0.25, 0.3) is 0 Å². The van der Waals surface area contributed by atoms with Crippen molar-refractivity contribution in [2.24, 2.45) is 10.7 Å². The molecule has 0 saturated heterocycles. The molecule has 21 heavy (non-hydrogen) atoms. The smallest absolute Gasteiger partial charge is 0.192 e. The third-order valence-electron chi connectivity index (χ3n) is 4.27. The van der Waals surface area contributed by atoms with E-state index in [0.29, 0.717) is 12.0 Å². The lowest BCUT2D eigenvalue weighted by molar-refractivity contribution is 0.326. The maximum absolute atomic E-state index is 6.11. The van der Waals surface area contributed by atoms with Gasteiger partial charge in [0.15, 0.2) is 5.96 Å². The average Bonchev–Trinajstić information content (AvgIpc) is 3.14.